The number of thiazole rings is 1. The van der Waals surface area contributed by atoms with Gasteiger partial charge in [-0.05, 0) is 61.0 Å². The van der Waals surface area contributed by atoms with E-state index in [1.54, 1.807) is 42.5 Å². The van der Waals surface area contributed by atoms with E-state index in [4.69, 9.17) is 27.9 Å². The molecule has 1 N–H and O–H groups in total. The van der Waals surface area contributed by atoms with E-state index in [9.17, 15) is 14.9 Å². The number of carbonyl (C=O) groups is 1. The summed E-state index contributed by atoms with van der Waals surface area (Å²) >= 11 is 13.2. The quantitative estimate of drug-likeness (QED) is 0.386. The highest BCUT2D eigenvalue weighted by Gasteiger charge is 2.18. The summed E-state index contributed by atoms with van der Waals surface area (Å²) in [7, 11) is 0. The van der Waals surface area contributed by atoms with Gasteiger partial charge in [0.15, 0.2) is 5.57 Å². The van der Waals surface area contributed by atoms with Gasteiger partial charge in [-0.1, -0.05) is 53.5 Å². The van der Waals surface area contributed by atoms with E-state index < -0.39 is 5.91 Å². The Morgan fingerprint density at radius 3 is 2.47 bits per heavy atom. The molecule has 0 aliphatic carbocycles. The van der Waals surface area contributed by atoms with E-state index in [1.165, 1.54) is 10.6 Å². The molecule has 1 amide bonds. The molecule has 180 valence electrons. The number of aromatic nitrogens is 1. The van der Waals surface area contributed by atoms with Crippen molar-refractivity contribution in [1.82, 2.24) is 4.57 Å². The first kappa shape index (κ1) is 25.3. The van der Waals surface area contributed by atoms with Gasteiger partial charge in [0.2, 0.25) is 0 Å². The number of nitrogens with zero attached hydrogens (tertiary/aromatic N) is 2. The zero-order valence-electron chi connectivity index (χ0n) is 19.0. The van der Waals surface area contributed by atoms with Crippen molar-refractivity contribution in [2.45, 2.75) is 6.92 Å². The molecule has 0 aliphatic heterocycles. The second kappa shape index (κ2) is 11.3. The lowest BCUT2D eigenvalue weighted by Crippen LogP contribution is -2.32. The van der Waals surface area contributed by atoms with Gasteiger partial charge in [0, 0.05) is 5.02 Å². The molecule has 4 aromatic rings. The zero-order valence-corrected chi connectivity index (χ0v) is 21.3. The number of hydrogen-bond acceptors (Lipinski definition) is 5. The Bertz CT molecular complexity index is 1640. The molecular weight excluding hydrogens is 517 g/mol. The Hall–Kier alpha value is -3.83. The molecule has 3 aromatic carbocycles. The number of para-hydroxylation sites is 1. The topological polar surface area (TPSA) is 84.1 Å². The van der Waals surface area contributed by atoms with Crippen molar-refractivity contribution in [2.75, 3.05) is 11.9 Å². The third kappa shape index (κ3) is 5.52. The van der Waals surface area contributed by atoms with Gasteiger partial charge in [0.25, 0.3) is 11.5 Å². The van der Waals surface area contributed by atoms with Crippen molar-refractivity contribution >= 4 is 57.8 Å². The van der Waals surface area contributed by atoms with Gasteiger partial charge in [0.1, 0.15) is 16.5 Å². The molecule has 0 unspecified atom stereocenters. The molecule has 0 saturated carbocycles. The van der Waals surface area contributed by atoms with Crippen molar-refractivity contribution in [3.63, 3.8) is 0 Å². The first-order valence-electron chi connectivity index (χ1n) is 10.8. The van der Waals surface area contributed by atoms with Crippen LogP contribution in [0.1, 0.15) is 12.5 Å². The SMILES string of the molecule is CCOc1ccc(C=c2sc(=C(C#N)C(=O)Nc3ccc(Cl)cc3Cl)n(-c3ccccc3)c2=O)cc1. The predicted octanol–water partition coefficient (Wildman–Crippen LogP) is 4.75. The Morgan fingerprint density at radius 1 is 1.11 bits per heavy atom. The highest BCUT2D eigenvalue weighted by Crippen LogP contribution is 2.25. The summed E-state index contributed by atoms with van der Waals surface area (Å²) in [4.78, 5) is 26.6. The van der Waals surface area contributed by atoms with Crippen LogP contribution in [0, 0.1) is 11.3 Å². The number of anilines is 1. The van der Waals surface area contributed by atoms with Crippen LogP contribution in [0.4, 0.5) is 5.69 Å². The molecule has 0 spiro atoms. The average Bonchev–Trinajstić information content (AvgIpc) is 3.18. The number of hydrogen-bond donors (Lipinski definition) is 1. The third-order valence-electron chi connectivity index (χ3n) is 5.06. The van der Waals surface area contributed by atoms with E-state index in [-0.39, 0.29) is 20.8 Å². The van der Waals surface area contributed by atoms with E-state index in [0.717, 1.165) is 22.6 Å². The number of carbonyl (C=O) groups excluding carboxylic acids is 1. The molecule has 0 atom stereocenters. The second-order valence-corrected chi connectivity index (χ2v) is 9.33. The van der Waals surface area contributed by atoms with Crippen LogP contribution in [-0.2, 0) is 4.79 Å². The van der Waals surface area contributed by atoms with Crippen molar-refractivity contribution in [2.24, 2.45) is 0 Å². The molecule has 36 heavy (non-hydrogen) atoms. The summed E-state index contributed by atoms with van der Waals surface area (Å²) in [5.41, 5.74) is 1.04. The molecule has 1 aromatic heterocycles. The summed E-state index contributed by atoms with van der Waals surface area (Å²) < 4.78 is 7.41. The highest BCUT2D eigenvalue weighted by atomic mass is 35.5. The van der Waals surface area contributed by atoms with Crippen molar-refractivity contribution in [1.29, 1.82) is 5.26 Å². The van der Waals surface area contributed by atoms with Crippen molar-refractivity contribution in [3.8, 4) is 17.5 Å². The van der Waals surface area contributed by atoms with Gasteiger partial charge >= 0.3 is 0 Å². The first-order chi connectivity index (χ1) is 17.4. The fraction of sp³-hybridized carbons (Fsp3) is 0.0741. The maximum absolute atomic E-state index is 13.5. The average molecular weight is 536 g/mol. The number of halogens is 2. The number of nitrogens with one attached hydrogen (secondary N) is 1. The molecular formula is C27H19Cl2N3O3S. The summed E-state index contributed by atoms with van der Waals surface area (Å²) in [6.07, 6.45) is 1.72. The molecule has 0 fully saturated rings. The molecule has 1 heterocycles. The fourth-order valence-corrected chi connectivity index (χ4v) is 4.97. The van der Waals surface area contributed by atoms with E-state index in [2.05, 4.69) is 5.32 Å². The van der Waals surface area contributed by atoms with Crippen LogP contribution < -0.4 is 24.8 Å². The van der Waals surface area contributed by atoms with Gasteiger partial charge in [-0.25, -0.2) is 0 Å². The minimum absolute atomic E-state index is 0.202. The Labute approximate surface area is 220 Å². The van der Waals surface area contributed by atoms with Gasteiger partial charge in [0.05, 0.1) is 27.5 Å². The Kier molecular flexibility index (Phi) is 7.91. The lowest BCUT2D eigenvalue weighted by molar-refractivity contribution is -0.111. The van der Waals surface area contributed by atoms with Crippen LogP contribution in [0.3, 0.4) is 0 Å². The Morgan fingerprint density at radius 2 is 1.83 bits per heavy atom. The van der Waals surface area contributed by atoms with Crippen molar-refractivity contribution < 1.29 is 9.53 Å². The molecule has 6 nitrogen and oxygen atoms in total. The standard InChI is InChI=1S/C27H19Cl2N3O3S/c1-2-35-20-11-8-17(9-12-20)14-24-26(34)32(19-6-4-3-5-7-19)27(36-24)21(16-30)25(33)31-23-13-10-18(28)15-22(23)29/h3-15H,2H2,1H3,(H,31,33). The number of amides is 1. The minimum atomic E-state index is -0.694. The van der Waals surface area contributed by atoms with E-state index in [1.807, 2.05) is 43.3 Å². The van der Waals surface area contributed by atoms with Crippen LogP contribution in [0.25, 0.3) is 17.3 Å². The summed E-state index contributed by atoms with van der Waals surface area (Å²) in [5, 5.41) is 13.2. The zero-order chi connectivity index (χ0) is 25.7. The van der Waals surface area contributed by atoms with Crippen LogP contribution in [0.5, 0.6) is 5.75 Å². The summed E-state index contributed by atoms with van der Waals surface area (Å²) in [6.45, 7) is 2.45. The van der Waals surface area contributed by atoms with E-state index >= 15 is 0 Å². The number of nitriles is 1. The highest BCUT2D eigenvalue weighted by molar-refractivity contribution is 7.07. The number of ether oxygens (including phenoxy) is 1. The molecule has 0 bridgehead atoms. The molecule has 4 rings (SSSR count). The number of rotatable bonds is 6. The first-order valence-corrected chi connectivity index (χ1v) is 12.4. The van der Waals surface area contributed by atoms with Gasteiger partial charge in [-0.3, -0.25) is 14.2 Å². The van der Waals surface area contributed by atoms with E-state index in [0.29, 0.717) is 27.5 Å². The lowest BCUT2D eigenvalue weighted by Gasteiger charge is -2.07. The third-order valence-corrected chi connectivity index (χ3v) is 6.70. The Balaban J connectivity index is 1.89. The molecule has 0 radical (unpaired) electrons. The largest absolute Gasteiger partial charge is 0.494 e. The fourth-order valence-electron chi connectivity index (χ4n) is 3.41. The summed E-state index contributed by atoms with van der Waals surface area (Å²) in [5.74, 6) is 0.0288. The maximum Gasteiger partial charge on any atom is 0.273 e. The van der Waals surface area contributed by atoms with Crippen LogP contribution >= 0.6 is 34.5 Å². The van der Waals surface area contributed by atoms with Crippen LogP contribution in [0.2, 0.25) is 10.0 Å². The van der Waals surface area contributed by atoms with Gasteiger partial charge in [-0.2, -0.15) is 5.26 Å². The molecule has 0 aliphatic rings. The molecule has 9 heteroatoms. The predicted molar refractivity (Wildman–Crippen MR) is 144 cm³/mol. The minimum Gasteiger partial charge on any atom is -0.494 e. The monoisotopic (exact) mass is 535 g/mol. The number of benzene rings is 3. The van der Waals surface area contributed by atoms with Crippen LogP contribution in [-0.4, -0.2) is 17.1 Å². The smallest absolute Gasteiger partial charge is 0.273 e. The van der Waals surface area contributed by atoms with Crippen molar-refractivity contribution in [3.05, 3.63) is 108 Å². The normalized spacial score (nSPS) is 12.1. The lowest BCUT2D eigenvalue weighted by atomic mass is 10.2. The maximum atomic E-state index is 13.5. The van der Waals surface area contributed by atoms with Crippen LogP contribution in [0.15, 0.2) is 77.6 Å². The molecule has 0 saturated heterocycles. The van der Waals surface area contributed by atoms with Gasteiger partial charge < -0.3 is 10.1 Å². The second-order valence-electron chi connectivity index (χ2n) is 7.46. The summed E-state index contributed by atoms with van der Waals surface area (Å²) in [6, 6.07) is 22.7. The van der Waals surface area contributed by atoms with Gasteiger partial charge in [-0.15, -0.1) is 11.3 Å².